The lowest BCUT2D eigenvalue weighted by molar-refractivity contribution is 0.0827. The summed E-state index contributed by atoms with van der Waals surface area (Å²) in [6.07, 6.45) is 0. The van der Waals surface area contributed by atoms with Crippen LogP contribution in [0.1, 0.15) is 21.5 Å². The molecule has 0 radical (unpaired) electrons. The maximum Gasteiger partial charge on any atom is 0.253 e. The van der Waals surface area contributed by atoms with Crippen molar-refractivity contribution in [2.24, 2.45) is 0 Å². The van der Waals surface area contributed by atoms with Gasteiger partial charge >= 0.3 is 0 Å². The van der Waals surface area contributed by atoms with E-state index in [9.17, 15) is 4.79 Å². The third-order valence-corrected chi connectivity index (χ3v) is 3.21. The number of nitrogens with two attached hydrogens (primary N) is 1. The van der Waals surface area contributed by atoms with E-state index in [4.69, 9.17) is 10.5 Å². The van der Waals surface area contributed by atoms with Gasteiger partial charge in [-0.05, 0) is 43.7 Å². The Kier molecular flexibility index (Phi) is 4.17. The number of benzene rings is 2. The first kappa shape index (κ1) is 14.9. The van der Waals surface area contributed by atoms with Crippen molar-refractivity contribution in [1.29, 1.82) is 0 Å². The minimum atomic E-state index is -0.0835. The summed E-state index contributed by atoms with van der Waals surface area (Å²) >= 11 is 0. The fourth-order valence-corrected chi connectivity index (χ4v) is 2.06. The topological polar surface area (TPSA) is 55.6 Å². The molecule has 2 aromatic carbocycles. The van der Waals surface area contributed by atoms with Gasteiger partial charge in [0.25, 0.3) is 5.91 Å². The predicted octanol–water partition coefficient (Wildman–Crippen LogP) is 3.38. The number of ether oxygens (including phenoxy) is 1. The van der Waals surface area contributed by atoms with Gasteiger partial charge in [0.15, 0.2) is 0 Å². The molecule has 0 heterocycles. The zero-order valence-electron chi connectivity index (χ0n) is 12.8. The molecule has 110 valence electrons. The molecule has 2 aromatic rings. The largest absolute Gasteiger partial charge is 0.455 e. The lowest BCUT2D eigenvalue weighted by Crippen LogP contribution is -2.21. The fraction of sp³-hybridized carbons (Fsp3) is 0.235. The summed E-state index contributed by atoms with van der Waals surface area (Å²) in [4.78, 5) is 13.4. The van der Waals surface area contributed by atoms with Crippen LogP contribution >= 0.6 is 0 Å². The van der Waals surface area contributed by atoms with E-state index in [1.165, 1.54) is 10.5 Å². The zero-order chi connectivity index (χ0) is 15.6. The highest BCUT2D eigenvalue weighted by molar-refractivity contribution is 5.95. The Morgan fingerprint density at radius 2 is 1.71 bits per heavy atom. The van der Waals surface area contributed by atoms with E-state index in [1.807, 2.05) is 26.0 Å². The van der Waals surface area contributed by atoms with E-state index < -0.39 is 0 Å². The van der Waals surface area contributed by atoms with Gasteiger partial charge in [-0.25, -0.2) is 0 Å². The van der Waals surface area contributed by atoms with Crippen LogP contribution < -0.4 is 10.5 Å². The van der Waals surface area contributed by atoms with E-state index in [0.29, 0.717) is 17.0 Å². The first-order valence-electron chi connectivity index (χ1n) is 6.75. The van der Waals surface area contributed by atoms with Crippen LogP contribution in [0.5, 0.6) is 11.5 Å². The summed E-state index contributed by atoms with van der Waals surface area (Å²) in [7, 11) is 3.41. The Hall–Kier alpha value is -2.49. The molecule has 0 saturated carbocycles. The van der Waals surface area contributed by atoms with E-state index in [-0.39, 0.29) is 5.91 Å². The average molecular weight is 284 g/mol. The van der Waals surface area contributed by atoms with Crippen molar-refractivity contribution in [2.45, 2.75) is 13.8 Å². The van der Waals surface area contributed by atoms with Crippen LogP contribution in [-0.2, 0) is 0 Å². The molecule has 1 amide bonds. The normalized spacial score (nSPS) is 10.3. The summed E-state index contributed by atoms with van der Waals surface area (Å²) in [5.74, 6) is 1.23. The van der Waals surface area contributed by atoms with Crippen LogP contribution in [0.3, 0.4) is 0 Å². The number of amides is 1. The molecule has 0 aliphatic carbocycles. The van der Waals surface area contributed by atoms with E-state index >= 15 is 0 Å². The van der Waals surface area contributed by atoms with Crippen molar-refractivity contribution in [3.8, 4) is 11.5 Å². The second-order valence-electron chi connectivity index (χ2n) is 5.32. The molecule has 0 unspecified atom stereocenters. The number of nitrogen functional groups attached to an aromatic ring is 1. The number of aryl methyl sites for hydroxylation is 2. The van der Waals surface area contributed by atoms with Gasteiger partial charge in [-0.2, -0.15) is 0 Å². The third kappa shape index (κ3) is 3.34. The summed E-state index contributed by atoms with van der Waals surface area (Å²) in [6.45, 7) is 4.02. The molecular formula is C17H20N2O2. The molecule has 21 heavy (non-hydrogen) atoms. The van der Waals surface area contributed by atoms with Crippen molar-refractivity contribution in [3.63, 3.8) is 0 Å². The molecular weight excluding hydrogens is 264 g/mol. The summed E-state index contributed by atoms with van der Waals surface area (Å²) in [5.41, 5.74) is 9.21. The van der Waals surface area contributed by atoms with Crippen LogP contribution in [0.4, 0.5) is 5.69 Å². The minimum absolute atomic E-state index is 0.0835. The fourth-order valence-electron chi connectivity index (χ4n) is 2.06. The SMILES string of the molecule is Cc1ccc(Oc2ccc(C(=O)N(C)C)cc2N)c(C)c1. The van der Waals surface area contributed by atoms with Gasteiger partial charge in [-0.3, -0.25) is 4.79 Å². The van der Waals surface area contributed by atoms with Crippen LogP contribution in [0.2, 0.25) is 0 Å². The van der Waals surface area contributed by atoms with Crippen molar-refractivity contribution in [2.75, 3.05) is 19.8 Å². The van der Waals surface area contributed by atoms with E-state index in [0.717, 1.165) is 11.3 Å². The van der Waals surface area contributed by atoms with Gasteiger partial charge in [-0.15, -0.1) is 0 Å². The van der Waals surface area contributed by atoms with Gasteiger partial charge in [0.05, 0.1) is 5.69 Å². The Balaban J connectivity index is 2.27. The monoisotopic (exact) mass is 284 g/mol. The molecule has 0 spiro atoms. The smallest absolute Gasteiger partial charge is 0.253 e. The van der Waals surface area contributed by atoms with Gasteiger partial charge in [0, 0.05) is 19.7 Å². The van der Waals surface area contributed by atoms with Gasteiger partial charge in [-0.1, -0.05) is 17.7 Å². The number of hydrogen-bond donors (Lipinski definition) is 1. The van der Waals surface area contributed by atoms with Crippen molar-refractivity contribution in [3.05, 3.63) is 53.1 Å². The van der Waals surface area contributed by atoms with Crippen molar-refractivity contribution >= 4 is 11.6 Å². The lowest BCUT2D eigenvalue weighted by Gasteiger charge is -2.14. The number of carbonyl (C=O) groups is 1. The molecule has 0 aliphatic rings. The Morgan fingerprint density at radius 1 is 1.05 bits per heavy atom. The molecule has 0 aliphatic heterocycles. The van der Waals surface area contributed by atoms with E-state index in [1.54, 1.807) is 32.3 Å². The number of carbonyl (C=O) groups excluding carboxylic acids is 1. The highest BCUT2D eigenvalue weighted by Crippen LogP contribution is 2.30. The maximum atomic E-state index is 11.9. The molecule has 0 atom stereocenters. The van der Waals surface area contributed by atoms with E-state index in [2.05, 4.69) is 6.07 Å². The highest BCUT2D eigenvalue weighted by Gasteiger charge is 2.11. The van der Waals surface area contributed by atoms with Gasteiger partial charge in [0.2, 0.25) is 0 Å². The molecule has 0 aromatic heterocycles. The molecule has 2 N–H and O–H groups in total. The van der Waals surface area contributed by atoms with Gasteiger partial charge in [0.1, 0.15) is 11.5 Å². The molecule has 0 saturated heterocycles. The minimum Gasteiger partial charge on any atom is -0.455 e. The van der Waals surface area contributed by atoms with Crippen LogP contribution in [-0.4, -0.2) is 24.9 Å². The average Bonchev–Trinajstić information content (AvgIpc) is 2.42. The molecule has 2 rings (SSSR count). The zero-order valence-corrected chi connectivity index (χ0v) is 12.8. The molecule has 0 bridgehead atoms. The van der Waals surface area contributed by atoms with Crippen LogP contribution in [0, 0.1) is 13.8 Å². The Bertz CT molecular complexity index is 678. The summed E-state index contributed by atoms with van der Waals surface area (Å²) in [6, 6.07) is 11.0. The maximum absolute atomic E-state index is 11.9. The third-order valence-electron chi connectivity index (χ3n) is 3.21. The number of hydrogen-bond acceptors (Lipinski definition) is 3. The van der Waals surface area contributed by atoms with Crippen molar-refractivity contribution < 1.29 is 9.53 Å². The van der Waals surface area contributed by atoms with Crippen LogP contribution in [0.15, 0.2) is 36.4 Å². The number of nitrogens with zero attached hydrogens (tertiary/aromatic N) is 1. The second kappa shape index (κ2) is 5.87. The number of rotatable bonds is 3. The standard InChI is InChI=1S/C17H20N2O2/c1-11-5-7-15(12(2)9-11)21-16-8-6-13(10-14(16)18)17(20)19(3)4/h5-10H,18H2,1-4H3. The Labute approximate surface area is 125 Å². The molecule has 4 heteroatoms. The first-order valence-corrected chi connectivity index (χ1v) is 6.75. The summed E-state index contributed by atoms with van der Waals surface area (Å²) < 4.78 is 5.84. The first-order chi connectivity index (χ1) is 9.88. The quantitative estimate of drug-likeness (QED) is 0.879. The lowest BCUT2D eigenvalue weighted by atomic mass is 10.1. The predicted molar refractivity (Wildman–Crippen MR) is 84.9 cm³/mol. The summed E-state index contributed by atoms with van der Waals surface area (Å²) in [5, 5.41) is 0. The van der Waals surface area contributed by atoms with Crippen molar-refractivity contribution in [1.82, 2.24) is 4.90 Å². The highest BCUT2D eigenvalue weighted by atomic mass is 16.5. The van der Waals surface area contributed by atoms with Gasteiger partial charge < -0.3 is 15.4 Å². The van der Waals surface area contributed by atoms with Crippen LogP contribution in [0.25, 0.3) is 0 Å². The molecule has 0 fully saturated rings. The second-order valence-corrected chi connectivity index (χ2v) is 5.32. The molecule has 4 nitrogen and oxygen atoms in total. The Morgan fingerprint density at radius 3 is 2.29 bits per heavy atom. The number of anilines is 1.